The lowest BCUT2D eigenvalue weighted by Crippen LogP contribution is -2.37. The molecule has 0 spiro atoms. The topological polar surface area (TPSA) is 67.4 Å². The Labute approximate surface area is 146 Å². The maximum atomic E-state index is 12.1. The van der Waals surface area contributed by atoms with Gasteiger partial charge < -0.3 is 15.4 Å². The zero-order valence-corrected chi connectivity index (χ0v) is 14.1. The summed E-state index contributed by atoms with van der Waals surface area (Å²) in [6.45, 7) is 0.385. The van der Waals surface area contributed by atoms with Gasteiger partial charge in [0.2, 0.25) is 5.91 Å². The zero-order valence-electron chi connectivity index (χ0n) is 13.3. The van der Waals surface area contributed by atoms with Crippen molar-refractivity contribution in [1.82, 2.24) is 10.6 Å². The first kappa shape index (κ1) is 17.8. The van der Waals surface area contributed by atoms with Crippen LogP contribution in [0.3, 0.4) is 0 Å². The van der Waals surface area contributed by atoms with E-state index in [0.29, 0.717) is 29.3 Å². The average Bonchev–Trinajstić information content (AvgIpc) is 2.59. The molecule has 0 atom stereocenters. The molecule has 0 bridgehead atoms. The lowest BCUT2D eigenvalue weighted by molar-refractivity contribution is -0.120. The standard InChI is InChI=1S/C18H19ClN2O3/c1-24-16-8-3-2-7-15(16)18(23)21-12-17(22)20-10-9-13-5-4-6-14(19)11-13/h2-8,11H,9-10,12H2,1H3,(H,20,22)(H,21,23). The predicted molar refractivity (Wildman–Crippen MR) is 93.5 cm³/mol. The lowest BCUT2D eigenvalue weighted by Gasteiger charge is -2.09. The van der Waals surface area contributed by atoms with Crippen molar-refractivity contribution in [2.75, 3.05) is 20.2 Å². The molecule has 0 fully saturated rings. The third-order valence-corrected chi connectivity index (χ3v) is 3.62. The van der Waals surface area contributed by atoms with E-state index in [2.05, 4.69) is 10.6 Å². The van der Waals surface area contributed by atoms with Crippen molar-refractivity contribution >= 4 is 23.4 Å². The summed E-state index contributed by atoms with van der Waals surface area (Å²) >= 11 is 5.91. The number of methoxy groups -OCH3 is 1. The Bertz CT molecular complexity index is 719. The Morgan fingerprint density at radius 3 is 2.62 bits per heavy atom. The highest BCUT2D eigenvalue weighted by molar-refractivity contribution is 6.30. The number of carbonyl (C=O) groups excluding carboxylic acids is 2. The Morgan fingerprint density at radius 1 is 1.08 bits per heavy atom. The molecule has 0 saturated carbocycles. The van der Waals surface area contributed by atoms with Crippen molar-refractivity contribution in [3.63, 3.8) is 0 Å². The molecular weight excluding hydrogens is 328 g/mol. The number of hydrogen-bond donors (Lipinski definition) is 2. The molecule has 126 valence electrons. The van der Waals surface area contributed by atoms with Crippen LogP contribution in [0, 0.1) is 0 Å². The van der Waals surface area contributed by atoms with Gasteiger partial charge in [0.1, 0.15) is 5.75 Å². The van der Waals surface area contributed by atoms with Gasteiger partial charge in [-0.1, -0.05) is 35.9 Å². The van der Waals surface area contributed by atoms with Crippen molar-refractivity contribution in [2.45, 2.75) is 6.42 Å². The fourth-order valence-electron chi connectivity index (χ4n) is 2.19. The fourth-order valence-corrected chi connectivity index (χ4v) is 2.40. The number of rotatable bonds is 7. The van der Waals surface area contributed by atoms with E-state index in [1.54, 1.807) is 30.3 Å². The van der Waals surface area contributed by atoms with Gasteiger partial charge in [-0.25, -0.2) is 0 Å². The highest BCUT2D eigenvalue weighted by Gasteiger charge is 2.12. The van der Waals surface area contributed by atoms with Crippen LogP contribution in [-0.2, 0) is 11.2 Å². The number of halogens is 1. The number of benzene rings is 2. The molecule has 6 heteroatoms. The van der Waals surface area contributed by atoms with Gasteiger partial charge in [-0.15, -0.1) is 0 Å². The van der Waals surface area contributed by atoms with Crippen LogP contribution in [0.2, 0.25) is 5.02 Å². The van der Waals surface area contributed by atoms with Crippen LogP contribution in [0.5, 0.6) is 5.75 Å². The van der Waals surface area contributed by atoms with Crippen molar-refractivity contribution in [2.24, 2.45) is 0 Å². The zero-order chi connectivity index (χ0) is 17.4. The number of ether oxygens (including phenoxy) is 1. The molecule has 0 aliphatic rings. The lowest BCUT2D eigenvalue weighted by atomic mass is 10.1. The number of para-hydroxylation sites is 1. The summed E-state index contributed by atoms with van der Waals surface area (Å²) in [7, 11) is 1.49. The van der Waals surface area contributed by atoms with Gasteiger partial charge in [-0.2, -0.15) is 0 Å². The summed E-state index contributed by atoms with van der Waals surface area (Å²) in [5, 5.41) is 6.01. The second-order valence-corrected chi connectivity index (χ2v) is 5.55. The van der Waals surface area contributed by atoms with E-state index < -0.39 is 0 Å². The molecule has 0 unspecified atom stereocenters. The van der Waals surface area contributed by atoms with E-state index in [1.807, 2.05) is 18.2 Å². The summed E-state index contributed by atoms with van der Waals surface area (Å²) in [6, 6.07) is 14.3. The Morgan fingerprint density at radius 2 is 1.88 bits per heavy atom. The molecule has 0 aromatic heterocycles. The molecule has 5 nitrogen and oxygen atoms in total. The minimum atomic E-state index is -0.350. The largest absolute Gasteiger partial charge is 0.496 e. The van der Waals surface area contributed by atoms with Crippen LogP contribution in [0.25, 0.3) is 0 Å². The van der Waals surface area contributed by atoms with Gasteiger partial charge in [0, 0.05) is 11.6 Å². The van der Waals surface area contributed by atoms with Crippen LogP contribution in [0.4, 0.5) is 0 Å². The third kappa shape index (κ3) is 5.28. The summed E-state index contributed by atoms with van der Waals surface area (Å²) < 4.78 is 5.12. The Kier molecular flexibility index (Phi) is 6.63. The van der Waals surface area contributed by atoms with Crippen LogP contribution in [-0.4, -0.2) is 32.0 Å². The van der Waals surface area contributed by atoms with Gasteiger partial charge in [-0.05, 0) is 36.2 Å². The molecule has 0 aliphatic heterocycles. The van der Waals surface area contributed by atoms with Gasteiger partial charge in [0.25, 0.3) is 5.91 Å². The molecule has 0 radical (unpaired) electrons. The molecule has 24 heavy (non-hydrogen) atoms. The summed E-state index contributed by atoms with van der Waals surface area (Å²) in [5.74, 6) is -0.130. The van der Waals surface area contributed by atoms with Crippen LogP contribution >= 0.6 is 11.6 Å². The first-order valence-electron chi connectivity index (χ1n) is 7.52. The van der Waals surface area contributed by atoms with E-state index >= 15 is 0 Å². The molecule has 0 aliphatic carbocycles. The smallest absolute Gasteiger partial charge is 0.255 e. The third-order valence-electron chi connectivity index (χ3n) is 3.39. The van der Waals surface area contributed by atoms with Crippen molar-refractivity contribution in [3.05, 3.63) is 64.7 Å². The number of hydrogen-bond acceptors (Lipinski definition) is 3. The molecule has 2 aromatic rings. The Hall–Kier alpha value is -2.53. The van der Waals surface area contributed by atoms with Crippen molar-refractivity contribution < 1.29 is 14.3 Å². The maximum Gasteiger partial charge on any atom is 0.255 e. The normalized spacial score (nSPS) is 10.1. The van der Waals surface area contributed by atoms with E-state index in [0.717, 1.165) is 5.56 Å². The molecule has 2 aromatic carbocycles. The van der Waals surface area contributed by atoms with Crippen LogP contribution in [0.15, 0.2) is 48.5 Å². The fraction of sp³-hybridized carbons (Fsp3) is 0.222. The second-order valence-electron chi connectivity index (χ2n) is 5.11. The van der Waals surface area contributed by atoms with Crippen LogP contribution in [0.1, 0.15) is 15.9 Å². The second kappa shape index (κ2) is 8.93. The van der Waals surface area contributed by atoms with Crippen molar-refractivity contribution in [1.29, 1.82) is 0 Å². The molecule has 0 saturated heterocycles. The summed E-state index contributed by atoms with van der Waals surface area (Å²) in [5.41, 5.74) is 1.44. The molecule has 2 amide bonds. The summed E-state index contributed by atoms with van der Waals surface area (Å²) in [6.07, 6.45) is 0.673. The first-order valence-corrected chi connectivity index (χ1v) is 7.90. The molecule has 0 heterocycles. The van der Waals surface area contributed by atoms with Gasteiger partial charge in [-0.3, -0.25) is 9.59 Å². The highest BCUT2D eigenvalue weighted by atomic mass is 35.5. The van der Waals surface area contributed by atoms with E-state index in [1.165, 1.54) is 7.11 Å². The highest BCUT2D eigenvalue weighted by Crippen LogP contribution is 2.16. The van der Waals surface area contributed by atoms with E-state index in [-0.39, 0.29) is 18.4 Å². The monoisotopic (exact) mass is 346 g/mol. The van der Waals surface area contributed by atoms with Crippen molar-refractivity contribution in [3.8, 4) is 5.75 Å². The average molecular weight is 347 g/mol. The quantitative estimate of drug-likeness (QED) is 0.809. The van der Waals surface area contributed by atoms with Gasteiger partial charge in [0.15, 0.2) is 0 Å². The number of carbonyl (C=O) groups is 2. The minimum absolute atomic E-state index is 0.0908. The number of amides is 2. The maximum absolute atomic E-state index is 12.1. The summed E-state index contributed by atoms with van der Waals surface area (Å²) in [4.78, 5) is 23.9. The number of nitrogens with one attached hydrogen (secondary N) is 2. The van der Waals surface area contributed by atoms with Crippen LogP contribution < -0.4 is 15.4 Å². The molecular formula is C18H19ClN2O3. The van der Waals surface area contributed by atoms with Gasteiger partial charge >= 0.3 is 0 Å². The molecule has 2 N–H and O–H groups in total. The predicted octanol–water partition coefficient (Wildman–Crippen LogP) is 2.44. The Balaban J connectivity index is 1.75. The first-order chi connectivity index (χ1) is 11.6. The molecule has 2 rings (SSSR count). The van der Waals surface area contributed by atoms with E-state index in [9.17, 15) is 9.59 Å². The SMILES string of the molecule is COc1ccccc1C(=O)NCC(=O)NCCc1cccc(Cl)c1. The van der Waals surface area contributed by atoms with Gasteiger partial charge in [0.05, 0.1) is 19.2 Å². The minimum Gasteiger partial charge on any atom is -0.496 e. The van der Waals surface area contributed by atoms with E-state index in [4.69, 9.17) is 16.3 Å².